The van der Waals surface area contributed by atoms with E-state index in [0.717, 1.165) is 48.3 Å². The molecule has 1 N–H and O–H groups in total. The smallest absolute Gasteiger partial charge is 0.310 e. The van der Waals surface area contributed by atoms with E-state index in [-0.39, 0.29) is 17.4 Å². The van der Waals surface area contributed by atoms with E-state index in [4.69, 9.17) is 14.5 Å². The number of fused-ring (bicyclic) bond motifs is 4. The van der Waals surface area contributed by atoms with Crippen LogP contribution in [0.1, 0.15) is 42.6 Å². The molecule has 2 aromatic heterocycles. The topological polar surface area (TPSA) is 72.4 Å². The van der Waals surface area contributed by atoms with Crippen molar-refractivity contribution in [2.45, 2.75) is 50.7 Å². The van der Waals surface area contributed by atoms with Gasteiger partial charge in [0, 0.05) is 10.9 Å². The van der Waals surface area contributed by atoms with Gasteiger partial charge >= 0.3 is 5.92 Å². The van der Waals surface area contributed by atoms with Gasteiger partial charge in [-0.25, -0.2) is 0 Å². The third-order valence-corrected chi connectivity index (χ3v) is 6.97. The van der Waals surface area contributed by atoms with Crippen LogP contribution in [0.5, 0.6) is 5.75 Å². The summed E-state index contributed by atoms with van der Waals surface area (Å²) < 4.78 is 39.4. The third-order valence-electron chi connectivity index (χ3n) is 6.97. The number of anilines is 2. The van der Waals surface area contributed by atoms with E-state index >= 15 is 0 Å². The fourth-order valence-electron chi connectivity index (χ4n) is 5.32. The quantitative estimate of drug-likeness (QED) is 0.629. The number of aryl methyl sites for hydroxylation is 1. The van der Waals surface area contributed by atoms with E-state index in [1.165, 1.54) is 6.07 Å². The van der Waals surface area contributed by atoms with Gasteiger partial charge in [0.05, 0.1) is 60.0 Å². The number of benzene rings is 1. The van der Waals surface area contributed by atoms with Crippen molar-refractivity contribution in [1.82, 2.24) is 15.2 Å². The standard InChI is InChI=1S/C24H25F2N5O2/c1-13(18-4-3-5-20-22(18)33-12-24(20,25)26)28-23-19-8-17(9-27-21(19)14(2)29-30-23)31-15-6-7-16(31)11-32-10-15/h3-5,8-9,13,15-16H,6-7,10-12H2,1-2H3,(H,28,30)/t13-,15?,16?/m1/s1. The number of nitrogens with one attached hydrogen (secondary N) is 1. The number of alkyl halides is 2. The number of para-hydroxylation sites is 1. The lowest BCUT2D eigenvalue weighted by Gasteiger charge is -2.36. The van der Waals surface area contributed by atoms with Crippen molar-refractivity contribution < 1.29 is 18.3 Å². The Bertz CT molecular complexity index is 1220. The van der Waals surface area contributed by atoms with Crippen LogP contribution in [0.3, 0.4) is 0 Å². The molecular weight excluding hydrogens is 428 g/mol. The second-order valence-corrected chi connectivity index (χ2v) is 9.14. The van der Waals surface area contributed by atoms with Gasteiger partial charge in [-0.05, 0) is 38.8 Å². The van der Waals surface area contributed by atoms with Crippen molar-refractivity contribution in [2.75, 3.05) is 30.0 Å². The van der Waals surface area contributed by atoms with E-state index in [1.54, 1.807) is 12.1 Å². The predicted octanol–water partition coefficient (Wildman–Crippen LogP) is 4.36. The molecular formula is C24H25F2N5O2. The first-order chi connectivity index (χ1) is 15.9. The number of pyridine rings is 1. The van der Waals surface area contributed by atoms with Crippen molar-refractivity contribution in [2.24, 2.45) is 0 Å². The van der Waals surface area contributed by atoms with Crippen LogP contribution in [0.25, 0.3) is 10.9 Å². The number of rotatable bonds is 4. The van der Waals surface area contributed by atoms with E-state index < -0.39 is 12.5 Å². The van der Waals surface area contributed by atoms with E-state index in [1.807, 2.05) is 20.0 Å². The van der Waals surface area contributed by atoms with Crippen molar-refractivity contribution >= 4 is 22.4 Å². The average molecular weight is 453 g/mol. The third kappa shape index (κ3) is 3.28. The molecule has 3 aliphatic rings. The number of hydrogen-bond acceptors (Lipinski definition) is 7. The highest BCUT2D eigenvalue weighted by Crippen LogP contribution is 2.45. The summed E-state index contributed by atoms with van der Waals surface area (Å²) in [6.45, 7) is 4.62. The van der Waals surface area contributed by atoms with Gasteiger partial charge < -0.3 is 19.7 Å². The zero-order valence-corrected chi connectivity index (χ0v) is 18.5. The van der Waals surface area contributed by atoms with Crippen molar-refractivity contribution in [3.8, 4) is 5.75 Å². The lowest BCUT2D eigenvalue weighted by molar-refractivity contribution is -0.0214. The highest BCUT2D eigenvalue weighted by molar-refractivity contribution is 5.92. The van der Waals surface area contributed by atoms with Gasteiger partial charge in [-0.15, -0.1) is 5.10 Å². The highest BCUT2D eigenvalue weighted by Gasteiger charge is 2.43. The van der Waals surface area contributed by atoms with Crippen molar-refractivity contribution in [3.63, 3.8) is 0 Å². The first-order valence-corrected chi connectivity index (χ1v) is 11.3. The van der Waals surface area contributed by atoms with Crippen LogP contribution in [0, 0.1) is 6.92 Å². The summed E-state index contributed by atoms with van der Waals surface area (Å²) in [7, 11) is 0. The molecule has 9 heteroatoms. The van der Waals surface area contributed by atoms with Gasteiger partial charge in [-0.2, -0.15) is 13.9 Å². The molecule has 3 aromatic rings. The monoisotopic (exact) mass is 453 g/mol. The van der Waals surface area contributed by atoms with Crippen LogP contribution in [0.4, 0.5) is 20.3 Å². The molecule has 2 unspecified atom stereocenters. The Labute approximate surface area is 190 Å². The van der Waals surface area contributed by atoms with Crippen LogP contribution in [-0.2, 0) is 10.7 Å². The molecule has 0 radical (unpaired) electrons. The first kappa shape index (κ1) is 20.5. The Morgan fingerprint density at radius 1 is 1.18 bits per heavy atom. The summed E-state index contributed by atoms with van der Waals surface area (Å²) in [5, 5.41) is 12.9. The summed E-state index contributed by atoms with van der Waals surface area (Å²) in [5.74, 6) is -2.16. The lowest BCUT2D eigenvalue weighted by atomic mass is 10.0. The normalized spacial score (nSPS) is 23.9. The summed E-state index contributed by atoms with van der Waals surface area (Å²) in [6, 6.07) is 7.37. The van der Waals surface area contributed by atoms with Crippen LogP contribution in [0.15, 0.2) is 30.5 Å². The Kier molecular flexibility index (Phi) is 4.65. The van der Waals surface area contributed by atoms with Crippen molar-refractivity contribution in [3.05, 3.63) is 47.3 Å². The van der Waals surface area contributed by atoms with Gasteiger partial charge in [-0.1, -0.05) is 12.1 Å². The zero-order chi connectivity index (χ0) is 22.7. The van der Waals surface area contributed by atoms with Crippen LogP contribution in [-0.4, -0.2) is 47.1 Å². The Morgan fingerprint density at radius 2 is 1.97 bits per heavy atom. The molecule has 0 spiro atoms. The SMILES string of the molecule is Cc1nnc(N[C@H](C)c2cccc3c2OCC3(F)F)c2cc(N3C4CCC3COC4)cnc12. The molecule has 2 saturated heterocycles. The summed E-state index contributed by atoms with van der Waals surface area (Å²) in [4.78, 5) is 7.14. The maximum Gasteiger partial charge on any atom is 0.310 e. The maximum absolute atomic E-state index is 14.2. The number of halogens is 2. The maximum atomic E-state index is 14.2. The molecule has 5 heterocycles. The molecule has 2 bridgehead atoms. The molecule has 7 nitrogen and oxygen atoms in total. The molecule has 3 aliphatic heterocycles. The van der Waals surface area contributed by atoms with Crippen LogP contribution < -0.4 is 15.0 Å². The predicted molar refractivity (Wildman–Crippen MR) is 120 cm³/mol. The second-order valence-electron chi connectivity index (χ2n) is 9.14. The number of hydrogen-bond donors (Lipinski definition) is 1. The Balaban J connectivity index is 1.37. The summed E-state index contributed by atoms with van der Waals surface area (Å²) in [5.41, 5.74) is 3.15. The fourth-order valence-corrected chi connectivity index (χ4v) is 5.32. The van der Waals surface area contributed by atoms with Crippen LogP contribution in [0.2, 0.25) is 0 Å². The highest BCUT2D eigenvalue weighted by atomic mass is 19.3. The molecule has 172 valence electrons. The lowest BCUT2D eigenvalue weighted by Crippen LogP contribution is -2.45. The van der Waals surface area contributed by atoms with Crippen molar-refractivity contribution in [1.29, 1.82) is 0 Å². The zero-order valence-electron chi connectivity index (χ0n) is 18.5. The van der Waals surface area contributed by atoms with Gasteiger partial charge in [-0.3, -0.25) is 4.98 Å². The van der Waals surface area contributed by atoms with Gasteiger partial charge in [0.15, 0.2) is 12.4 Å². The largest absolute Gasteiger partial charge is 0.486 e. The Morgan fingerprint density at radius 3 is 2.76 bits per heavy atom. The second kappa shape index (κ2) is 7.48. The molecule has 3 atom stereocenters. The van der Waals surface area contributed by atoms with Gasteiger partial charge in [0.1, 0.15) is 5.75 Å². The van der Waals surface area contributed by atoms with Crippen LogP contribution >= 0.6 is 0 Å². The summed E-state index contributed by atoms with van der Waals surface area (Å²) >= 11 is 0. The van der Waals surface area contributed by atoms with E-state index in [0.29, 0.717) is 23.5 Å². The fraction of sp³-hybridized carbons (Fsp3) is 0.458. The average Bonchev–Trinajstić information content (AvgIpc) is 3.26. The first-order valence-electron chi connectivity index (χ1n) is 11.3. The van der Waals surface area contributed by atoms with Gasteiger partial charge in [0.2, 0.25) is 0 Å². The molecule has 0 amide bonds. The van der Waals surface area contributed by atoms with E-state index in [9.17, 15) is 8.78 Å². The molecule has 33 heavy (non-hydrogen) atoms. The van der Waals surface area contributed by atoms with E-state index in [2.05, 4.69) is 26.5 Å². The number of morpholine rings is 1. The molecule has 0 saturated carbocycles. The van der Waals surface area contributed by atoms with Gasteiger partial charge in [0.25, 0.3) is 0 Å². The minimum absolute atomic E-state index is 0.0692. The molecule has 2 fully saturated rings. The molecule has 6 rings (SSSR count). The minimum atomic E-state index is -2.97. The Hall–Kier alpha value is -3.07. The molecule has 1 aromatic carbocycles. The molecule has 0 aliphatic carbocycles. The minimum Gasteiger partial charge on any atom is -0.486 e. The number of nitrogens with zero attached hydrogens (tertiary/aromatic N) is 4. The summed E-state index contributed by atoms with van der Waals surface area (Å²) in [6.07, 6.45) is 4.13. The number of aromatic nitrogens is 3. The number of ether oxygens (including phenoxy) is 2.